The lowest BCUT2D eigenvalue weighted by Gasteiger charge is -2.25. The summed E-state index contributed by atoms with van der Waals surface area (Å²) in [6.07, 6.45) is 35.5. The van der Waals surface area contributed by atoms with E-state index in [4.69, 9.17) is 9.05 Å². The highest BCUT2D eigenvalue weighted by Gasteiger charge is 2.27. The van der Waals surface area contributed by atoms with Crippen LogP contribution in [0.1, 0.15) is 187 Å². The van der Waals surface area contributed by atoms with Crippen LogP contribution in [-0.4, -0.2) is 73.4 Å². The van der Waals surface area contributed by atoms with Crippen molar-refractivity contribution in [3.05, 3.63) is 12.2 Å². The Labute approximate surface area is 303 Å². The maximum Gasteiger partial charge on any atom is 0.472 e. The second-order valence-corrected chi connectivity index (χ2v) is 16.8. The van der Waals surface area contributed by atoms with Gasteiger partial charge in [-0.1, -0.05) is 174 Å². The summed E-state index contributed by atoms with van der Waals surface area (Å²) in [7, 11) is 1.58. The van der Waals surface area contributed by atoms with Gasteiger partial charge in [-0.2, -0.15) is 0 Å². The van der Waals surface area contributed by atoms with Crippen molar-refractivity contribution < 1.29 is 32.9 Å². The molecule has 3 unspecified atom stereocenters. The molecule has 0 aromatic heterocycles. The highest BCUT2D eigenvalue weighted by atomic mass is 31.2. The first-order valence-corrected chi connectivity index (χ1v) is 22.1. The Morgan fingerprint density at radius 3 is 1.51 bits per heavy atom. The van der Waals surface area contributed by atoms with E-state index in [2.05, 4.69) is 19.2 Å². The van der Waals surface area contributed by atoms with E-state index in [0.717, 1.165) is 38.5 Å². The van der Waals surface area contributed by atoms with Gasteiger partial charge in [-0.15, -0.1) is 0 Å². The fourth-order valence-corrected chi connectivity index (χ4v) is 6.66. The van der Waals surface area contributed by atoms with Crippen LogP contribution in [0.2, 0.25) is 0 Å². The van der Waals surface area contributed by atoms with Crippen molar-refractivity contribution in [3.8, 4) is 0 Å². The van der Waals surface area contributed by atoms with Crippen LogP contribution in [0.3, 0.4) is 0 Å². The van der Waals surface area contributed by atoms with Gasteiger partial charge in [0, 0.05) is 6.42 Å². The molecule has 8 nitrogen and oxygen atoms in total. The van der Waals surface area contributed by atoms with E-state index in [9.17, 15) is 19.4 Å². The third-order valence-corrected chi connectivity index (χ3v) is 10.2. The van der Waals surface area contributed by atoms with Gasteiger partial charge < -0.3 is 19.8 Å². The van der Waals surface area contributed by atoms with Gasteiger partial charge in [0.1, 0.15) is 13.2 Å². The molecule has 49 heavy (non-hydrogen) atoms. The maximum atomic E-state index is 12.8. The Morgan fingerprint density at radius 1 is 0.673 bits per heavy atom. The lowest BCUT2D eigenvalue weighted by molar-refractivity contribution is -0.870. The highest BCUT2D eigenvalue weighted by Crippen LogP contribution is 2.43. The van der Waals surface area contributed by atoms with Gasteiger partial charge >= 0.3 is 7.82 Å². The third kappa shape index (κ3) is 35.4. The van der Waals surface area contributed by atoms with Crippen LogP contribution in [0, 0.1) is 0 Å². The van der Waals surface area contributed by atoms with Gasteiger partial charge in [0.25, 0.3) is 0 Å². The number of aliphatic hydroxyl groups excluding tert-OH is 1. The Balaban J connectivity index is 4.48. The average Bonchev–Trinajstić information content (AvgIpc) is 3.04. The number of hydrogen-bond acceptors (Lipinski definition) is 5. The van der Waals surface area contributed by atoms with Gasteiger partial charge in [-0.25, -0.2) is 4.57 Å². The number of carbonyl (C=O) groups is 1. The largest absolute Gasteiger partial charge is 0.472 e. The van der Waals surface area contributed by atoms with Crippen LogP contribution in [0.15, 0.2) is 12.2 Å². The van der Waals surface area contributed by atoms with Crippen LogP contribution < -0.4 is 5.32 Å². The molecule has 3 atom stereocenters. The second-order valence-electron chi connectivity index (χ2n) is 15.4. The number of phosphoric ester groups is 1. The summed E-state index contributed by atoms with van der Waals surface area (Å²) in [5.41, 5.74) is 0. The highest BCUT2D eigenvalue weighted by molar-refractivity contribution is 7.47. The molecule has 0 bridgehead atoms. The summed E-state index contributed by atoms with van der Waals surface area (Å²) in [6, 6.07) is -0.838. The quantitative estimate of drug-likeness (QED) is 0.0256. The molecule has 0 heterocycles. The number of quaternary nitrogens is 1. The fraction of sp³-hybridized carbons (Fsp3) is 0.925. The molecular weight excluding hydrogens is 635 g/mol. The van der Waals surface area contributed by atoms with Crippen LogP contribution in [0.4, 0.5) is 0 Å². The zero-order valence-corrected chi connectivity index (χ0v) is 33.8. The Kier molecular flexibility index (Phi) is 32.6. The number of aliphatic hydroxyl groups is 1. The van der Waals surface area contributed by atoms with Crippen molar-refractivity contribution in [1.29, 1.82) is 0 Å². The number of allylic oxidation sites excluding steroid dienone is 1. The number of phosphoric acid groups is 1. The standard InChI is InChI=1S/C40H81N2O6P/c1-6-8-10-12-14-16-18-20-21-22-23-25-27-29-31-33-39(43)38(37-48-49(45,46)47-36-35-42(3,4)5)41-40(44)34-32-30-28-26-24-19-17-15-13-11-9-7-2/h31,33,38-39,43H,6-30,32,34-37H2,1-5H3,(H-,41,44,45,46)/p+1/b33-31+. The first-order chi connectivity index (χ1) is 23.5. The predicted molar refractivity (Wildman–Crippen MR) is 208 cm³/mol. The number of amides is 1. The average molecular weight is 718 g/mol. The summed E-state index contributed by atoms with van der Waals surface area (Å²) < 4.78 is 23.5. The van der Waals surface area contributed by atoms with Crippen LogP contribution in [0.5, 0.6) is 0 Å². The number of nitrogens with zero attached hydrogens (tertiary/aromatic N) is 1. The summed E-state index contributed by atoms with van der Waals surface area (Å²) in [5, 5.41) is 13.8. The number of likely N-dealkylation sites (N-methyl/N-ethyl adjacent to an activating group) is 1. The summed E-state index contributed by atoms with van der Waals surface area (Å²) in [5.74, 6) is -0.177. The number of unbranched alkanes of at least 4 members (excludes halogenated alkanes) is 24. The molecule has 0 saturated carbocycles. The van der Waals surface area contributed by atoms with Crippen LogP contribution >= 0.6 is 7.82 Å². The lowest BCUT2D eigenvalue weighted by Crippen LogP contribution is -2.45. The van der Waals surface area contributed by atoms with Gasteiger partial charge in [0.05, 0.1) is 39.9 Å². The molecule has 0 aliphatic rings. The molecule has 1 amide bonds. The number of nitrogens with one attached hydrogen (secondary N) is 1. The van der Waals surface area contributed by atoms with Crippen molar-refractivity contribution >= 4 is 13.7 Å². The van der Waals surface area contributed by atoms with Crippen LogP contribution in [-0.2, 0) is 18.4 Å². The molecular formula is C40H82N2O6P+. The zero-order chi connectivity index (χ0) is 36.5. The third-order valence-electron chi connectivity index (χ3n) is 9.26. The van der Waals surface area contributed by atoms with Gasteiger partial charge in [-0.05, 0) is 19.3 Å². The van der Waals surface area contributed by atoms with Gasteiger partial charge in [0.15, 0.2) is 0 Å². The molecule has 0 aliphatic heterocycles. The van der Waals surface area contributed by atoms with Gasteiger partial charge in [0.2, 0.25) is 5.91 Å². The molecule has 0 radical (unpaired) electrons. The Morgan fingerprint density at radius 2 is 1.08 bits per heavy atom. The van der Waals surface area contributed by atoms with Crippen molar-refractivity contribution in [2.75, 3.05) is 40.9 Å². The number of carbonyl (C=O) groups excluding carboxylic acids is 1. The van der Waals surface area contributed by atoms with Crippen LogP contribution in [0.25, 0.3) is 0 Å². The minimum absolute atomic E-state index is 0.0643. The molecule has 0 saturated heterocycles. The molecule has 0 aromatic carbocycles. The summed E-state index contributed by atoms with van der Waals surface area (Å²) in [6.45, 7) is 4.81. The van der Waals surface area contributed by atoms with Crippen molar-refractivity contribution in [3.63, 3.8) is 0 Å². The second kappa shape index (κ2) is 33.1. The van der Waals surface area contributed by atoms with Crippen molar-refractivity contribution in [2.24, 2.45) is 0 Å². The molecule has 3 N–H and O–H groups in total. The van der Waals surface area contributed by atoms with E-state index < -0.39 is 20.0 Å². The lowest BCUT2D eigenvalue weighted by atomic mass is 10.0. The first kappa shape index (κ1) is 48.2. The molecule has 292 valence electrons. The van der Waals surface area contributed by atoms with Crippen molar-refractivity contribution in [2.45, 2.75) is 199 Å². The normalized spacial score (nSPS) is 14.7. The van der Waals surface area contributed by atoms with Gasteiger partial charge in [-0.3, -0.25) is 13.8 Å². The van der Waals surface area contributed by atoms with E-state index >= 15 is 0 Å². The number of hydrogen-bond donors (Lipinski definition) is 3. The fourth-order valence-electron chi connectivity index (χ4n) is 5.92. The summed E-state index contributed by atoms with van der Waals surface area (Å²) in [4.78, 5) is 23.0. The molecule has 0 rings (SSSR count). The Bertz CT molecular complexity index is 819. The zero-order valence-electron chi connectivity index (χ0n) is 32.9. The van der Waals surface area contributed by atoms with E-state index in [1.54, 1.807) is 6.08 Å². The number of rotatable bonds is 37. The first-order valence-electron chi connectivity index (χ1n) is 20.6. The molecule has 0 aromatic rings. The molecule has 9 heteroatoms. The van der Waals surface area contributed by atoms with E-state index in [-0.39, 0.29) is 19.1 Å². The Hall–Kier alpha value is -0.760. The topological polar surface area (TPSA) is 105 Å². The minimum atomic E-state index is -4.32. The van der Waals surface area contributed by atoms with E-state index in [0.29, 0.717) is 17.4 Å². The predicted octanol–water partition coefficient (Wildman–Crippen LogP) is 10.8. The molecule has 0 fully saturated rings. The van der Waals surface area contributed by atoms with Crippen molar-refractivity contribution in [1.82, 2.24) is 5.32 Å². The molecule has 0 spiro atoms. The monoisotopic (exact) mass is 718 g/mol. The minimum Gasteiger partial charge on any atom is -0.387 e. The van der Waals surface area contributed by atoms with E-state index in [1.807, 2.05) is 27.2 Å². The SMILES string of the molecule is CCCCCCCCCCCCCCC/C=C/C(O)C(COP(=O)(O)OCC[N+](C)(C)C)NC(=O)CCCCCCCCCCCCCC. The summed E-state index contributed by atoms with van der Waals surface area (Å²) >= 11 is 0. The smallest absolute Gasteiger partial charge is 0.387 e. The molecule has 0 aliphatic carbocycles. The maximum absolute atomic E-state index is 12.8. The van der Waals surface area contributed by atoms with E-state index in [1.165, 1.54) is 128 Å².